The summed E-state index contributed by atoms with van der Waals surface area (Å²) in [7, 11) is 0. The summed E-state index contributed by atoms with van der Waals surface area (Å²) < 4.78 is 11.4. The van der Waals surface area contributed by atoms with Gasteiger partial charge in [-0.05, 0) is 53.4 Å². The summed E-state index contributed by atoms with van der Waals surface area (Å²) in [5.41, 5.74) is 1.14. The summed E-state index contributed by atoms with van der Waals surface area (Å²) in [6.07, 6.45) is 2.03. The SMILES string of the molecule is O=C(CSc1ccc2ccccc2c1)N1CCC[C@H]1c1ccc2c(c1)OCCO2. The Morgan fingerprint density at radius 3 is 2.69 bits per heavy atom. The average molecular weight is 406 g/mol. The van der Waals surface area contributed by atoms with Gasteiger partial charge in [0.2, 0.25) is 5.91 Å². The van der Waals surface area contributed by atoms with Crippen LogP contribution in [0, 0.1) is 0 Å². The zero-order chi connectivity index (χ0) is 19.6. The molecule has 3 aromatic carbocycles. The standard InChI is InChI=1S/C24H23NO3S/c26-24(16-29-20-9-7-17-4-1-2-5-18(17)14-20)25-11-3-6-21(25)19-8-10-22-23(15-19)28-13-12-27-22/h1-2,4-5,7-10,14-15,21H,3,6,11-13,16H2/t21-/m0/s1. The maximum absolute atomic E-state index is 13.0. The molecule has 0 N–H and O–H groups in total. The number of amides is 1. The first kappa shape index (κ1) is 18.4. The second-order valence-electron chi connectivity index (χ2n) is 7.45. The minimum absolute atomic E-state index is 0.121. The number of likely N-dealkylation sites (tertiary alicyclic amines) is 1. The number of carbonyl (C=O) groups is 1. The highest BCUT2D eigenvalue weighted by Crippen LogP contribution is 2.38. The van der Waals surface area contributed by atoms with E-state index in [1.54, 1.807) is 11.8 Å². The first-order valence-corrected chi connectivity index (χ1v) is 11.1. The number of ether oxygens (including phenoxy) is 2. The number of thioether (sulfide) groups is 1. The van der Waals surface area contributed by atoms with Gasteiger partial charge in [-0.3, -0.25) is 4.79 Å². The van der Waals surface area contributed by atoms with Crippen LogP contribution in [0.2, 0.25) is 0 Å². The molecular formula is C24H23NO3S. The fourth-order valence-corrected chi connectivity index (χ4v) is 4.99. The van der Waals surface area contributed by atoms with Crippen LogP contribution >= 0.6 is 11.8 Å². The number of benzene rings is 3. The molecule has 2 heterocycles. The van der Waals surface area contributed by atoms with Crippen LogP contribution in [0.5, 0.6) is 11.5 Å². The van der Waals surface area contributed by atoms with E-state index in [1.165, 1.54) is 10.8 Å². The van der Waals surface area contributed by atoms with Gasteiger partial charge in [0.1, 0.15) is 13.2 Å². The van der Waals surface area contributed by atoms with Crippen molar-refractivity contribution in [2.75, 3.05) is 25.5 Å². The molecule has 0 aliphatic carbocycles. The quantitative estimate of drug-likeness (QED) is 0.568. The van der Waals surface area contributed by atoms with E-state index in [1.807, 2.05) is 29.2 Å². The zero-order valence-electron chi connectivity index (χ0n) is 16.2. The van der Waals surface area contributed by atoms with Crippen molar-refractivity contribution in [2.45, 2.75) is 23.8 Å². The van der Waals surface area contributed by atoms with Gasteiger partial charge < -0.3 is 14.4 Å². The second-order valence-corrected chi connectivity index (χ2v) is 8.49. The smallest absolute Gasteiger partial charge is 0.233 e. The molecule has 3 aromatic rings. The number of carbonyl (C=O) groups excluding carboxylic acids is 1. The van der Waals surface area contributed by atoms with Crippen molar-refractivity contribution in [1.29, 1.82) is 0 Å². The van der Waals surface area contributed by atoms with E-state index in [4.69, 9.17) is 9.47 Å². The largest absolute Gasteiger partial charge is 0.486 e. The number of rotatable bonds is 4. The van der Waals surface area contributed by atoms with Crippen molar-refractivity contribution in [2.24, 2.45) is 0 Å². The van der Waals surface area contributed by atoms with Gasteiger partial charge >= 0.3 is 0 Å². The summed E-state index contributed by atoms with van der Waals surface area (Å²) in [6.45, 7) is 1.98. The lowest BCUT2D eigenvalue weighted by Crippen LogP contribution is -2.32. The predicted molar refractivity (Wildman–Crippen MR) is 116 cm³/mol. The van der Waals surface area contributed by atoms with Crippen LogP contribution in [0.4, 0.5) is 0 Å². The minimum atomic E-state index is 0.121. The van der Waals surface area contributed by atoms with E-state index in [0.29, 0.717) is 19.0 Å². The van der Waals surface area contributed by atoms with Crippen LogP contribution in [0.1, 0.15) is 24.4 Å². The van der Waals surface area contributed by atoms with Gasteiger partial charge in [-0.1, -0.05) is 36.4 Å². The van der Waals surface area contributed by atoms with Crippen LogP contribution < -0.4 is 9.47 Å². The molecule has 0 bridgehead atoms. The third kappa shape index (κ3) is 3.79. The Kier molecular flexibility index (Phi) is 5.06. The van der Waals surface area contributed by atoms with E-state index in [9.17, 15) is 4.79 Å². The number of hydrogen-bond donors (Lipinski definition) is 0. The molecule has 1 fully saturated rings. The molecule has 1 amide bonds. The molecule has 0 aromatic heterocycles. The van der Waals surface area contributed by atoms with Gasteiger partial charge in [-0.25, -0.2) is 0 Å². The van der Waals surface area contributed by atoms with Crippen LogP contribution in [0.3, 0.4) is 0 Å². The van der Waals surface area contributed by atoms with Gasteiger partial charge in [-0.15, -0.1) is 11.8 Å². The Balaban J connectivity index is 1.28. The van der Waals surface area contributed by atoms with Crippen LogP contribution in [-0.2, 0) is 4.79 Å². The van der Waals surface area contributed by atoms with Gasteiger partial charge in [0.25, 0.3) is 0 Å². The fraction of sp³-hybridized carbons (Fsp3) is 0.292. The molecule has 0 radical (unpaired) electrons. The molecule has 1 saturated heterocycles. The van der Waals surface area contributed by atoms with Crippen molar-refractivity contribution in [3.05, 3.63) is 66.2 Å². The minimum Gasteiger partial charge on any atom is -0.486 e. The van der Waals surface area contributed by atoms with Gasteiger partial charge in [0.05, 0.1) is 11.8 Å². The Labute approximate surface area is 174 Å². The van der Waals surface area contributed by atoms with Gasteiger partial charge in [0.15, 0.2) is 11.5 Å². The lowest BCUT2D eigenvalue weighted by Gasteiger charge is -2.26. The Morgan fingerprint density at radius 1 is 0.966 bits per heavy atom. The molecule has 29 heavy (non-hydrogen) atoms. The van der Waals surface area contributed by atoms with E-state index in [2.05, 4.69) is 36.4 Å². The van der Waals surface area contributed by atoms with Crippen LogP contribution in [-0.4, -0.2) is 36.3 Å². The average Bonchev–Trinajstić information content (AvgIpc) is 3.27. The van der Waals surface area contributed by atoms with E-state index in [0.717, 1.165) is 41.3 Å². The lowest BCUT2D eigenvalue weighted by atomic mass is 10.0. The number of hydrogen-bond acceptors (Lipinski definition) is 4. The zero-order valence-corrected chi connectivity index (χ0v) is 17.0. The highest BCUT2D eigenvalue weighted by molar-refractivity contribution is 8.00. The Bertz CT molecular complexity index is 1050. The van der Waals surface area contributed by atoms with E-state index >= 15 is 0 Å². The molecule has 148 valence electrons. The van der Waals surface area contributed by atoms with Crippen molar-refractivity contribution in [3.63, 3.8) is 0 Å². The van der Waals surface area contributed by atoms with E-state index < -0.39 is 0 Å². The summed E-state index contributed by atoms with van der Waals surface area (Å²) in [6, 6.07) is 20.9. The summed E-state index contributed by atoms with van der Waals surface area (Å²) >= 11 is 1.61. The van der Waals surface area contributed by atoms with Crippen molar-refractivity contribution < 1.29 is 14.3 Å². The first-order valence-electron chi connectivity index (χ1n) is 10.1. The predicted octanol–water partition coefficient (Wildman–Crippen LogP) is 5.07. The second kappa shape index (κ2) is 7.99. The molecule has 5 rings (SSSR count). The molecule has 2 aliphatic heterocycles. The molecular weight excluding hydrogens is 382 g/mol. The first-order chi connectivity index (χ1) is 14.3. The third-order valence-electron chi connectivity index (χ3n) is 5.61. The van der Waals surface area contributed by atoms with Crippen molar-refractivity contribution in [3.8, 4) is 11.5 Å². The Hall–Kier alpha value is -2.66. The summed E-state index contributed by atoms with van der Waals surface area (Å²) in [4.78, 5) is 16.2. The van der Waals surface area contributed by atoms with Crippen molar-refractivity contribution >= 4 is 28.4 Å². The van der Waals surface area contributed by atoms with Crippen molar-refractivity contribution in [1.82, 2.24) is 4.90 Å². The highest BCUT2D eigenvalue weighted by Gasteiger charge is 2.30. The van der Waals surface area contributed by atoms with E-state index in [-0.39, 0.29) is 11.9 Å². The fourth-order valence-electron chi connectivity index (χ4n) is 4.16. The normalized spacial score (nSPS) is 18.2. The molecule has 4 nitrogen and oxygen atoms in total. The molecule has 2 aliphatic rings. The maximum atomic E-state index is 13.0. The summed E-state index contributed by atoms with van der Waals surface area (Å²) in [5, 5.41) is 2.43. The highest BCUT2D eigenvalue weighted by atomic mass is 32.2. The van der Waals surface area contributed by atoms with Gasteiger partial charge in [-0.2, -0.15) is 0 Å². The molecule has 0 unspecified atom stereocenters. The molecule has 0 saturated carbocycles. The lowest BCUT2D eigenvalue weighted by molar-refractivity contribution is -0.129. The molecule has 5 heteroatoms. The topological polar surface area (TPSA) is 38.8 Å². The van der Waals surface area contributed by atoms with Crippen LogP contribution in [0.25, 0.3) is 10.8 Å². The Morgan fingerprint density at radius 2 is 1.79 bits per heavy atom. The number of fused-ring (bicyclic) bond motifs is 2. The molecule has 1 atom stereocenters. The monoisotopic (exact) mass is 405 g/mol. The van der Waals surface area contributed by atoms with Crippen LogP contribution in [0.15, 0.2) is 65.6 Å². The third-order valence-corrected chi connectivity index (χ3v) is 6.59. The summed E-state index contributed by atoms with van der Waals surface area (Å²) in [5.74, 6) is 2.24. The van der Waals surface area contributed by atoms with Gasteiger partial charge in [0, 0.05) is 11.4 Å². The number of nitrogens with zero attached hydrogens (tertiary/aromatic N) is 1. The maximum Gasteiger partial charge on any atom is 0.233 e. The molecule has 0 spiro atoms.